The van der Waals surface area contributed by atoms with Gasteiger partial charge in [0.1, 0.15) is 23.1 Å². The van der Waals surface area contributed by atoms with Crippen molar-refractivity contribution >= 4 is 22.6 Å². The van der Waals surface area contributed by atoms with Gasteiger partial charge in [-0.05, 0) is 25.1 Å². The number of rotatable bonds is 5. The minimum Gasteiger partial charge on any atom is -0.365 e. The number of aromatic amines is 1. The smallest absolute Gasteiger partial charge is 0.273 e. The SMILES string of the molecule is CNC(=O)c1ccc(N2CCN(Cc3ccc4nc([C@@H](C)F)c(=O)[nH]c4c3F)CC2)c(F)n1. The van der Waals surface area contributed by atoms with E-state index in [2.05, 4.69) is 20.3 Å². The highest BCUT2D eigenvalue weighted by molar-refractivity contribution is 5.92. The zero-order valence-corrected chi connectivity index (χ0v) is 18.2. The van der Waals surface area contributed by atoms with Crippen LogP contribution in [0.1, 0.15) is 34.8 Å². The second-order valence-electron chi connectivity index (χ2n) is 7.85. The van der Waals surface area contributed by atoms with Gasteiger partial charge in [-0.15, -0.1) is 0 Å². The lowest BCUT2D eigenvalue weighted by atomic mass is 10.1. The molecule has 0 radical (unpaired) electrons. The molecule has 0 unspecified atom stereocenters. The maximum atomic E-state index is 15.0. The van der Waals surface area contributed by atoms with Crippen LogP contribution < -0.4 is 15.8 Å². The number of benzene rings is 1. The molecule has 1 atom stereocenters. The molecule has 174 valence electrons. The van der Waals surface area contributed by atoms with Crippen LogP contribution in [0.25, 0.3) is 11.0 Å². The number of fused-ring (bicyclic) bond motifs is 1. The van der Waals surface area contributed by atoms with Crippen molar-refractivity contribution in [2.45, 2.75) is 19.6 Å². The second-order valence-corrected chi connectivity index (χ2v) is 7.85. The van der Waals surface area contributed by atoms with E-state index in [4.69, 9.17) is 0 Å². The third-order valence-corrected chi connectivity index (χ3v) is 5.68. The molecule has 1 aromatic carbocycles. The number of amides is 1. The maximum absolute atomic E-state index is 15.0. The number of H-pyrrole nitrogens is 1. The Kier molecular flexibility index (Phi) is 6.32. The third kappa shape index (κ3) is 4.54. The highest BCUT2D eigenvalue weighted by atomic mass is 19.1. The maximum Gasteiger partial charge on any atom is 0.273 e. The van der Waals surface area contributed by atoms with Crippen LogP contribution in [0, 0.1) is 11.8 Å². The summed E-state index contributed by atoms with van der Waals surface area (Å²) in [6.45, 7) is 3.55. The Balaban J connectivity index is 1.46. The zero-order chi connectivity index (χ0) is 23.7. The molecule has 0 saturated carbocycles. The number of pyridine rings is 1. The molecule has 0 spiro atoms. The fourth-order valence-corrected chi connectivity index (χ4v) is 3.88. The van der Waals surface area contributed by atoms with Gasteiger partial charge < -0.3 is 15.2 Å². The molecular formula is C22H23F3N6O2. The molecule has 11 heteroatoms. The molecule has 4 rings (SSSR count). The predicted molar refractivity (Wildman–Crippen MR) is 117 cm³/mol. The van der Waals surface area contributed by atoms with Crippen molar-refractivity contribution in [1.29, 1.82) is 0 Å². The van der Waals surface area contributed by atoms with Gasteiger partial charge in [0.15, 0.2) is 5.82 Å². The summed E-state index contributed by atoms with van der Waals surface area (Å²) in [6.07, 6.45) is -1.56. The number of hydrogen-bond acceptors (Lipinski definition) is 6. The predicted octanol–water partition coefficient (Wildman–Crippen LogP) is 2.31. The van der Waals surface area contributed by atoms with Crippen molar-refractivity contribution in [3.63, 3.8) is 0 Å². The lowest BCUT2D eigenvalue weighted by Gasteiger charge is -2.36. The molecule has 0 aliphatic carbocycles. The summed E-state index contributed by atoms with van der Waals surface area (Å²) in [5.41, 5.74) is -0.216. The highest BCUT2D eigenvalue weighted by Gasteiger charge is 2.23. The number of alkyl halides is 1. The Labute approximate surface area is 187 Å². The summed E-state index contributed by atoms with van der Waals surface area (Å²) in [7, 11) is 1.45. The fourth-order valence-electron chi connectivity index (χ4n) is 3.88. The molecule has 2 aromatic heterocycles. The lowest BCUT2D eigenvalue weighted by Crippen LogP contribution is -2.46. The normalized spacial score (nSPS) is 15.6. The quantitative estimate of drug-likeness (QED) is 0.568. The number of carbonyl (C=O) groups excluding carboxylic acids is 1. The van der Waals surface area contributed by atoms with Gasteiger partial charge in [-0.2, -0.15) is 4.39 Å². The number of nitrogens with one attached hydrogen (secondary N) is 2. The van der Waals surface area contributed by atoms with Crippen LogP contribution in [-0.4, -0.2) is 59.0 Å². The van der Waals surface area contributed by atoms with Crippen molar-refractivity contribution in [2.75, 3.05) is 38.1 Å². The molecular weight excluding hydrogens is 437 g/mol. The van der Waals surface area contributed by atoms with Gasteiger partial charge in [0.05, 0.1) is 11.2 Å². The summed E-state index contributed by atoms with van der Waals surface area (Å²) < 4.78 is 43.0. The molecule has 3 heterocycles. The van der Waals surface area contributed by atoms with E-state index in [1.54, 1.807) is 12.1 Å². The first-order valence-corrected chi connectivity index (χ1v) is 10.5. The number of piperazine rings is 1. The van der Waals surface area contributed by atoms with E-state index in [9.17, 15) is 18.4 Å². The Morgan fingerprint density at radius 2 is 1.88 bits per heavy atom. The average Bonchev–Trinajstić information content (AvgIpc) is 2.81. The monoisotopic (exact) mass is 460 g/mol. The summed E-state index contributed by atoms with van der Waals surface area (Å²) >= 11 is 0. The fraction of sp³-hybridized carbons (Fsp3) is 0.364. The van der Waals surface area contributed by atoms with Gasteiger partial charge in [-0.3, -0.25) is 14.5 Å². The second kappa shape index (κ2) is 9.18. The van der Waals surface area contributed by atoms with Gasteiger partial charge in [0, 0.05) is 45.3 Å². The molecule has 33 heavy (non-hydrogen) atoms. The van der Waals surface area contributed by atoms with E-state index in [1.807, 2.05) is 9.80 Å². The highest BCUT2D eigenvalue weighted by Crippen LogP contribution is 2.23. The largest absolute Gasteiger partial charge is 0.365 e. The molecule has 1 fully saturated rings. The standard InChI is InChI=1S/C22H23F3N6O2/c1-12(23)18-22(33)29-19-14(27-18)4-3-13(17(19)24)11-30-7-9-31(10-8-30)16-6-5-15(21(32)26-2)28-20(16)25/h3-6,12H,7-11H2,1-2H3,(H,26,32)(H,29,33)/t12-/m1/s1. The van der Waals surface area contributed by atoms with Gasteiger partial charge in [0.25, 0.3) is 11.5 Å². The average molecular weight is 460 g/mol. The van der Waals surface area contributed by atoms with Crippen molar-refractivity contribution < 1.29 is 18.0 Å². The Morgan fingerprint density at radius 1 is 1.15 bits per heavy atom. The van der Waals surface area contributed by atoms with E-state index in [0.717, 1.165) is 0 Å². The molecule has 8 nitrogen and oxygen atoms in total. The number of carbonyl (C=O) groups is 1. The minimum absolute atomic E-state index is 0.00443. The van der Waals surface area contributed by atoms with Gasteiger partial charge in [0.2, 0.25) is 5.95 Å². The van der Waals surface area contributed by atoms with Crippen LogP contribution in [-0.2, 0) is 6.54 Å². The zero-order valence-electron chi connectivity index (χ0n) is 18.2. The number of aromatic nitrogens is 3. The van der Waals surface area contributed by atoms with Gasteiger partial charge in [-0.1, -0.05) is 6.07 Å². The van der Waals surface area contributed by atoms with E-state index in [0.29, 0.717) is 37.4 Å². The van der Waals surface area contributed by atoms with Crippen LogP contribution in [0.5, 0.6) is 0 Å². The lowest BCUT2D eigenvalue weighted by molar-refractivity contribution is 0.0957. The number of nitrogens with zero attached hydrogens (tertiary/aromatic N) is 4. The van der Waals surface area contributed by atoms with Crippen LogP contribution in [0.15, 0.2) is 29.1 Å². The van der Waals surface area contributed by atoms with Crippen LogP contribution in [0.4, 0.5) is 18.9 Å². The molecule has 3 aromatic rings. The van der Waals surface area contributed by atoms with E-state index >= 15 is 4.39 Å². The van der Waals surface area contributed by atoms with E-state index in [-0.39, 0.29) is 29.0 Å². The first-order valence-electron chi connectivity index (χ1n) is 10.5. The van der Waals surface area contributed by atoms with Crippen LogP contribution in [0.2, 0.25) is 0 Å². The van der Waals surface area contributed by atoms with Gasteiger partial charge in [-0.25, -0.2) is 18.7 Å². The summed E-state index contributed by atoms with van der Waals surface area (Å²) in [6, 6.07) is 6.13. The molecule has 1 saturated heterocycles. The van der Waals surface area contributed by atoms with Gasteiger partial charge >= 0.3 is 0 Å². The Bertz CT molecular complexity index is 1250. The summed E-state index contributed by atoms with van der Waals surface area (Å²) in [5, 5.41) is 2.40. The number of halogens is 3. The topological polar surface area (TPSA) is 94.2 Å². The molecule has 1 amide bonds. The van der Waals surface area contributed by atoms with Crippen LogP contribution >= 0.6 is 0 Å². The summed E-state index contributed by atoms with van der Waals surface area (Å²) in [4.78, 5) is 37.5. The molecule has 1 aliphatic rings. The van der Waals surface area contributed by atoms with Crippen molar-refractivity contribution in [3.05, 3.63) is 63.3 Å². The third-order valence-electron chi connectivity index (χ3n) is 5.68. The molecule has 0 bridgehead atoms. The van der Waals surface area contributed by atoms with Crippen molar-refractivity contribution in [1.82, 2.24) is 25.2 Å². The molecule has 2 N–H and O–H groups in total. The molecule has 1 aliphatic heterocycles. The van der Waals surface area contributed by atoms with Crippen molar-refractivity contribution in [3.8, 4) is 0 Å². The number of anilines is 1. The first-order chi connectivity index (χ1) is 15.8. The Morgan fingerprint density at radius 3 is 2.52 bits per heavy atom. The van der Waals surface area contributed by atoms with Crippen molar-refractivity contribution in [2.24, 2.45) is 0 Å². The summed E-state index contributed by atoms with van der Waals surface area (Å²) in [5.74, 6) is -1.78. The van der Waals surface area contributed by atoms with E-state index < -0.39 is 29.4 Å². The van der Waals surface area contributed by atoms with Crippen LogP contribution in [0.3, 0.4) is 0 Å². The minimum atomic E-state index is -1.56. The number of hydrogen-bond donors (Lipinski definition) is 2. The van der Waals surface area contributed by atoms with E-state index in [1.165, 1.54) is 26.1 Å². The first kappa shape index (κ1) is 22.7. The Hall–Kier alpha value is -3.47.